The number of Topliss-reactive ketones (excluding diaryl/α,β-unsaturated/α-hetero) is 1. The minimum absolute atomic E-state index is 0.282. The monoisotopic (exact) mass is 437 g/mol. The smallest absolute Gasteiger partial charge is 0.433 e. The Bertz CT molecular complexity index is 950. The molecule has 2 aliphatic heterocycles. The third-order valence-corrected chi connectivity index (χ3v) is 5.20. The van der Waals surface area contributed by atoms with Crippen LogP contribution < -0.4 is 4.74 Å². The number of halogens is 3. The molecule has 0 saturated carbocycles. The van der Waals surface area contributed by atoms with Crippen LogP contribution in [0.2, 0.25) is 0 Å². The zero-order valence-corrected chi connectivity index (χ0v) is 17.1. The van der Waals surface area contributed by atoms with E-state index in [2.05, 4.69) is 4.98 Å². The first kappa shape index (κ1) is 21.7. The Morgan fingerprint density at radius 3 is 2.39 bits per heavy atom. The number of carbonyl (C=O) groups is 1. The number of benzene rings is 1. The SMILES string of the molecule is C[C@H]1O[C@H](C(=O)c2ccccc2)[C@H](Oc2cccc(C(F)(F)F)n2)[C@H]2OC(C)(C)OC12. The summed E-state index contributed by atoms with van der Waals surface area (Å²) < 4.78 is 63.0. The van der Waals surface area contributed by atoms with Crippen LogP contribution in [-0.2, 0) is 20.4 Å². The fourth-order valence-electron chi connectivity index (χ4n) is 3.88. The van der Waals surface area contributed by atoms with E-state index in [4.69, 9.17) is 18.9 Å². The maximum atomic E-state index is 13.2. The highest BCUT2D eigenvalue weighted by molar-refractivity contribution is 6.00. The number of hydrogen-bond donors (Lipinski definition) is 0. The first-order valence-corrected chi connectivity index (χ1v) is 9.86. The predicted octanol–water partition coefficient (Wildman–Crippen LogP) is 4.04. The summed E-state index contributed by atoms with van der Waals surface area (Å²) in [4.78, 5) is 16.8. The Labute approximate surface area is 177 Å². The lowest BCUT2D eigenvalue weighted by molar-refractivity contribution is -0.158. The summed E-state index contributed by atoms with van der Waals surface area (Å²) in [5, 5.41) is 0. The minimum atomic E-state index is -4.63. The summed E-state index contributed by atoms with van der Waals surface area (Å²) in [7, 11) is 0. The number of carbonyl (C=O) groups excluding carboxylic acids is 1. The molecule has 166 valence electrons. The fourth-order valence-corrected chi connectivity index (χ4v) is 3.88. The van der Waals surface area contributed by atoms with Crippen LogP contribution in [0.4, 0.5) is 13.2 Å². The summed E-state index contributed by atoms with van der Waals surface area (Å²) in [5.74, 6) is -1.62. The van der Waals surface area contributed by atoms with Crippen molar-refractivity contribution < 1.29 is 36.9 Å². The van der Waals surface area contributed by atoms with Crippen LogP contribution in [0.5, 0.6) is 5.88 Å². The summed E-state index contributed by atoms with van der Waals surface area (Å²) in [6.07, 6.45) is -8.62. The number of nitrogens with zero attached hydrogens (tertiary/aromatic N) is 1. The first-order valence-electron chi connectivity index (χ1n) is 9.86. The zero-order chi connectivity index (χ0) is 22.4. The van der Waals surface area contributed by atoms with Crippen molar-refractivity contribution in [2.24, 2.45) is 0 Å². The molecule has 0 aliphatic carbocycles. The van der Waals surface area contributed by atoms with Gasteiger partial charge in [-0.25, -0.2) is 4.98 Å². The molecular weight excluding hydrogens is 415 g/mol. The van der Waals surface area contributed by atoms with E-state index in [1.807, 2.05) is 0 Å². The molecule has 0 amide bonds. The topological polar surface area (TPSA) is 66.9 Å². The number of aromatic nitrogens is 1. The van der Waals surface area contributed by atoms with Gasteiger partial charge in [0.25, 0.3) is 0 Å². The van der Waals surface area contributed by atoms with Crippen LogP contribution in [0.25, 0.3) is 0 Å². The van der Waals surface area contributed by atoms with Crippen molar-refractivity contribution in [3.05, 3.63) is 59.8 Å². The molecule has 1 unspecified atom stereocenters. The Morgan fingerprint density at radius 1 is 1.03 bits per heavy atom. The fraction of sp³-hybridized carbons (Fsp3) is 0.455. The molecule has 3 heterocycles. The molecule has 2 aromatic rings. The normalized spacial score (nSPS) is 29.9. The molecule has 31 heavy (non-hydrogen) atoms. The number of ketones is 1. The molecular formula is C22H22F3NO5. The van der Waals surface area contributed by atoms with Crippen molar-refractivity contribution in [2.45, 2.75) is 63.3 Å². The summed E-state index contributed by atoms with van der Waals surface area (Å²) in [5.41, 5.74) is -0.705. The van der Waals surface area contributed by atoms with E-state index >= 15 is 0 Å². The summed E-state index contributed by atoms with van der Waals surface area (Å²) >= 11 is 0. The molecule has 0 radical (unpaired) electrons. The third kappa shape index (κ3) is 4.44. The third-order valence-electron chi connectivity index (χ3n) is 5.20. The number of ether oxygens (including phenoxy) is 4. The van der Waals surface area contributed by atoms with Crippen LogP contribution in [0, 0.1) is 0 Å². The molecule has 5 atom stereocenters. The summed E-state index contributed by atoms with van der Waals surface area (Å²) in [6.45, 7) is 5.18. The second kappa shape index (κ2) is 7.89. The van der Waals surface area contributed by atoms with Gasteiger partial charge < -0.3 is 18.9 Å². The zero-order valence-electron chi connectivity index (χ0n) is 17.1. The molecule has 0 N–H and O–H groups in total. The number of rotatable bonds is 4. The number of pyridine rings is 1. The van der Waals surface area contributed by atoms with Crippen molar-refractivity contribution in [1.29, 1.82) is 0 Å². The van der Waals surface area contributed by atoms with E-state index in [9.17, 15) is 18.0 Å². The van der Waals surface area contributed by atoms with Gasteiger partial charge in [-0.2, -0.15) is 13.2 Å². The van der Waals surface area contributed by atoms with Crippen molar-refractivity contribution in [1.82, 2.24) is 4.98 Å². The average Bonchev–Trinajstić information content (AvgIpc) is 3.06. The maximum Gasteiger partial charge on any atom is 0.433 e. The maximum absolute atomic E-state index is 13.2. The molecule has 2 saturated heterocycles. The number of fused-ring (bicyclic) bond motifs is 1. The molecule has 4 rings (SSSR count). The molecule has 2 fully saturated rings. The predicted molar refractivity (Wildman–Crippen MR) is 103 cm³/mol. The second-order valence-corrected chi connectivity index (χ2v) is 8.00. The molecule has 0 bridgehead atoms. The van der Waals surface area contributed by atoms with Crippen LogP contribution in [-0.4, -0.2) is 47.1 Å². The van der Waals surface area contributed by atoms with Crippen LogP contribution in [0.3, 0.4) is 0 Å². The van der Waals surface area contributed by atoms with Gasteiger partial charge in [-0.1, -0.05) is 36.4 Å². The van der Waals surface area contributed by atoms with Gasteiger partial charge in [-0.15, -0.1) is 0 Å². The Balaban J connectivity index is 1.70. The van der Waals surface area contributed by atoms with E-state index in [0.29, 0.717) is 5.56 Å². The lowest BCUT2D eigenvalue weighted by Gasteiger charge is -2.40. The van der Waals surface area contributed by atoms with Crippen molar-refractivity contribution in [3.8, 4) is 5.88 Å². The van der Waals surface area contributed by atoms with Crippen LogP contribution in [0.1, 0.15) is 36.8 Å². The van der Waals surface area contributed by atoms with Gasteiger partial charge in [-0.05, 0) is 26.8 Å². The van der Waals surface area contributed by atoms with Crippen molar-refractivity contribution >= 4 is 5.78 Å². The molecule has 1 aromatic carbocycles. The minimum Gasteiger partial charge on any atom is -0.468 e. The van der Waals surface area contributed by atoms with Gasteiger partial charge in [0.05, 0.1) is 6.10 Å². The quantitative estimate of drug-likeness (QED) is 0.673. The largest absolute Gasteiger partial charge is 0.468 e. The van der Waals surface area contributed by atoms with Gasteiger partial charge in [0, 0.05) is 11.6 Å². The standard InChI is InChI=1S/C22H22F3NO5/c1-12-17-20(31-21(2,3)30-17)19(18(28-12)16(27)13-8-5-4-6-9-13)29-15-11-7-10-14(26-15)22(23,24)25/h4-12,17-20H,1-3H3/t12-,17?,18-,19+,20+/m1/s1. The van der Waals surface area contributed by atoms with Gasteiger partial charge in [0.2, 0.25) is 5.88 Å². The van der Waals surface area contributed by atoms with Crippen molar-refractivity contribution in [3.63, 3.8) is 0 Å². The van der Waals surface area contributed by atoms with E-state index in [0.717, 1.165) is 6.07 Å². The number of hydrogen-bond acceptors (Lipinski definition) is 6. The Hall–Kier alpha value is -2.49. The van der Waals surface area contributed by atoms with Crippen LogP contribution >= 0.6 is 0 Å². The second-order valence-electron chi connectivity index (χ2n) is 8.00. The van der Waals surface area contributed by atoms with E-state index < -0.39 is 48.2 Å². The van der Waals surface area contributed by atoms with Crippen molar-refractivity contribution in [2.75, 3.05) is 0 Å². The van der Waals surface area contributed by atoms with Gasteiger partial charge >= 0.3 is 6.18 Å². The Morgan fingerprint density at radius 2 is 1.71 bits per heavy atom. The first-order chi connectivity index (χ1) is 14.5. The highest BCUT2D eigenvalue weighted by Crippen LogP contribution is 2.39. The van der Waals surface area contributed by atoms with Crippen LogP contribution in [0.15, 0.2) is 48.5 Å². The summed E-state index contributed by atoms with van der Waals surface area (Å²) in [6, 6.07) is 11.8. The van der Waals surface area contributed by atoms with Gasteiger partial charge in [0.15, 0.2) is 23.8 Å². The highest BCUT2D eigenvalue weighted by Gasteiger charge is 2.57. The molecule has 6 nitrogen and oxygen atoms in total. The number of alkyl halides is 3. The Kier molecular flexibility index (Phi) is 5.53. The molecule has 0 spiro atoms. The van der Waals surface area contributed by atoms with E-state index in [1.54, 1.807) is 51.1 Å². The van der Waals surface area contributed by atoms with E-state index in [1.165, 1.54) is 12.1 Å². The average molecular weight is 437 g/mol. The molecule has 1 aromatic heterocycles. The molecule has 2 aliphatic rings. The van der Waals surface area contributed by atoms with Gasteiger partial charge in [0.1, 0.15) is 17.9 Å². The highest BCUT2D eigenvalue weighted by atomic mass is 19.4. The van der Waals surface area contributed by atoms with E-state index in [-0.39, 0.29) is 11.7 Å². The lowest BCUT2D eigenvalue weighted by atomic mass is 9.91. The lowest BCUT2D eigenvalue weighted by Crippen LogP contribution is -2.60. The molecule has 9 heteroatoms. The van der Waals surface area contributed by atoms with Gasteiger partial charge in [-0.3, -0.25) is 4.79 Å².